The first kappa shape index (κ1) is 14.1. The van der Waals surface area contributed by atoms with Gasteiger partial charge in [-0.3, -0.25) is 4.90 Å². The molecule has 0 saturated heterocycles. The van der Waals surface area contributed by atoms with Gasteiger partial charge in [0.2, 0.25) is 0 Å². The van der Waals surface area contributed by atoms with Crippen LogP contribution in [0.15, 0.2) is 30.3 Å². The van der Waals surface area contributed by atoms with Gasteiger partial charge in [0.15, 0.2) is 0 Å². The van der Waals surface area contributed by atoms with Crippen molar-refractivity contribution in [1.82, 2.24) is 4.90 Å². The van der Waals surface area contributed by atoms with E-state index in [2.05, 4.69) is 0 Å². The van der Waals surface area contributed by atoms with Gasteiger partial charge in [0.05, 0.1) is 13.2 Å². The molecule has 1 aromatic carbocycles. The van der Waals surface area contributed by atoms with E-state index in [1.54, 1.807) is 0 Å². The fourth-order valence-corrected chi connectivity index (χ4v) is 1.81. The van der Waals surface area contributed by atoms with Crippen LogP contribution < -0.4 is 5.73 Å². The summed E-state index contributed by atoms with van der Waals surface area (Å²) < 4.78 is 0. The normalized spacial score (nSPS) is 12.9. The van der Waals surface area contributed by atoms with E-state index in [4.69, 9.17) is 15.9 Å². The minimum atomic E-state index is 0.0103. The van der Waals surface area contributed by atoms with Crippen molar-refractivity contribution in [2.24, 2.45) is 5.73 Å². The molecule has 0 amide bonds. The van der Waals surface area contributed by atoms with Crippen molar-refractivity contribution < 1.29 is 10.2 Å². The van der Waals surface area contributed by atoms with Gasteiger partial charge in [-0.2, -0.15) is 0 Å². The highest BCUT2D eigenvalue weighted by molar-refractivity contribution is 5.18. The van der Waals surface area contributed by atoms with Gasteiger partial charge in [-0.05, 0) is 12.0 Å². The monoisotopic (exact) mass is 238 g/mol. The summed E-state index contributed by atoms with van der Waals surface area (Å²) in [6, 6.07) is 9.99. The summed E-state index contributed by atoms with van der Waals surface area (Å²) in [5.41, 5.74) is 7.21. The zero-order valence-corrected chi connectivity index (χ0v) is 10.1. The summed E-state index contributed by atoms with van der Waals surface area (Å²) in [4.78, 5) is 2.02. The highest BCUT2D eigenvalue weighted by atomic mass is 16.3. The molecular weight excluding hydrogens is 216 g/mol. The van der Waals surface area contributed by atoms with Gasteiger partial charge in [0.25, 0.3) is 0 Å². The molecule has 0 radical (unpaired) electrons. The number of aliphatic hydroxyl groups excluding tert-OH is 2. The standard InChI is InChI=1S/C13H22N2O2/c14-13(12-4-2-1-3-5-12)6-7-15(8-10-16)9-11-17/h1-5,13,16-17H,6-11,14H2. The lowest BCUT2D eigenvalue weighted by atomic mass is 10.0. The van der Waals surface area contributed by atoms with Crippen LogP contribution in [0.5, 0.6) is 0 Å². The van der Waals surface area contributed by atoms with E-state index in [9.17, 15) is 0 Å². The molecule has 1 aromatic rings. The third-order valence-corrected chi connectivity index (χ3v) is 2.82. The van der Waals surface area contributed by atoms with Crippen LogP contribution >= 0.6 is 0 Å². The lowest BCUT2D eigenvalue weighted by Crippen LogP contribution is -2.32. The third-order valence-electron chi connectivity index (χ3n) is 2.82. The lowest BCUT2D eigenvalue weighted by Gasteiger charge is -2.22. The Bertz CT molecular complexity index is 287. The Kier molecular flexibility index (Phi) is 6.81. The van der Waals surface area contributed by atoms with E-state index in [0.717, 1.165) is 18.5 Å². The van der Waals surface area contributed by atoms with Gasteiger partial charge in [0.1, 0.15) is 0 Å². The molecule has 4 N–H and O–H groups in total. The Morgan fingerprint density at radius 2 is 1.59 bits per heavy atom. The fraction of sp³-hybridized carbons (Fsp3) is 0.538. The van der Waals surface area contributed by atoms with E-state index in [1.807, 2.05) is 35.2 Å². The van der Waals surface area contributed by atoms with Crippen LogP contribution in [0.2, 0.25) is 0 Å². The van der Waals surface area contributed by atoms with Crippen LogP contribution in [-0.4, -0.2) is 48.0 Å². The van der Waals surface area contributed by atoms with Crippen LogP contribution in [0.1, 0.15) is 18.0 Å². The Morgan fingerprint density at radius 1 is 1.00 bits per heavy atom. The summed E-state index contributed by atoms with van der Waals surface area (Å²) in [5, 5.41) is 17.8. The molecule has 0 aromatic heterocycles. The largest absolute Gasteiger partial charge is 0.395 e. The Balaban J connectivity index is 2.38. The molecule has 0 fully saturated rings. The average Bonchev–Trinajstić information content (AvgIpc) is 2.37. The minimum absolute atomic E-state index is 0.0103. The zero-order valence-electron chi connectivity index (χ0n) is 10.1. The molecule has 1 rings (SSSR count). The van der Waals surface area contributed by atoms with Crippen LogP contribution in [0.3, 0.4) is 0 Å². The van der Waals surface area contributed by atoms with Crippen LogP contribution in [0.25, 0.3) is 0 Å². The number of benzene rings is 1. The van der Waals surface area contributed by atoms with Gasteiger partial charge < -0.3 is 15.9 Å². The zero-order chi connectivity index (χ0) is 12.5. The van der Waals surface area contributed by atoms with Crippen molar-refractivity contribution in [2.45, 2.75) is 12.5 Å². The van der Waals surface area contributed by atoms with E-state index in [1.165, 1.54) is 0 Å². The van der Waals surface area contributed by atoms with Crippen molar-refractivity contribution in [1.29, 1.82) is 0 Å². The molecule has 0 aliphatic carbocycles. The number of hydrogen-bond donors (Lipinski definition) is 3. The number of rotatable bonds is 8. The Morgan fingerprint density at radius 3 is 2.12 bits per heavy atom. The molecule has 0 spiro atoms. The smallest absolute Gasteiger partial charge is 0.0558 e. The van der Waals surface area contributed by atoms with E-state index in [0.29, 0.717) is 13.1 Å². The maximum Gasteiger partial charge on any atom is 0.0558 e. The average molecular weight is 238 g/mol. The van der Waals surface area contributed by atoms with Crippen molar-refractivity contribution >= 4 is 0 Å². The molecule has 4 heteroatoms. The van der Waals surface area contributed by atoms with Crippen LogP contribution in [0.4, 0.5) is 0 Å². The summed E-state index contributed by atoms with van der Waals surface area (Å²) in [5.74, 6) is 0. The summed E-state index contributed by atoms with van der Waals surface area (Å²) >= 11 is 0. The van der Waals surface area contributed by atoms with Gasteiger partial charge in [-0.1, -0.05) is 30.3 Å². The molecule has 4 nitrogen and oxygen atoms in total. The number of hydrogen-bond acceptors (Lipinski definition) is 4. The summed E-state index contributed by atoms with van der Waals surface area (Å²) in [7, 11) is 0. The quantitative estimate of drug-likeness (QED) is 0.612. The molecule has 0 saturated carbocycles. The molecule has 96 valence electrons. The highest BCUT2D eigenvalue weighted by Gasteiger charge is 2.09. The third kappa shape index (κ3) is 5.28. The number of nitrogens with two attached hydrogens (primary N) is 1. The molecular formula is C13H22N2O2. The minimum Gasteiger partial charge on any atom is -0.395 e. The molecule has 0 aliphatic heterocycles. The fourth-order valence-electron chi connectivity index (χ4n) is 1.81. The molecule has 0 aliphatic rings. The van der Waals surface area contributed by atoms with Crippen molar-refractivity contribution in [3.8, 4) is 0 Å². The van der Waals surface area contributed by atoms with Gasteiger partial charge in [-0.25, -0.2) is 0 Å². The predicted molar refractivity (Wildman–Crippen MR) is 68.6 cm³/mol. The predicted octanol–water partition coefficient (Wildman–Crippen LogP) is 0.363. The molecule has 0 bridgehead atoms. The second-order valence-electron chi connectivity index (χ2n) is 4.09. The summed E-state index contributed by atoms with van der Waals surface area (Å²) in [6.07, 6.45) is 0.823. The van der Waals surface area contributed by atoms with Gasteiger partial charge in [0, 0.05) is 25.7 Å². The number of aliphatic hydroxyl groups is 2. The second-order valence-corrected chi connectivity index (χ2v) is 4.09. The highest BCUT2D eigenvalue weighted by Crippen LogP contribution is 2.13. The maximum absolute atomic E-state index is 8.89. The van der Waals surface area contributed by atoms with E-state index >= 15 is 0 Å². The number of nitrogens with zero attached hydrogens (tertiary/aromatic N) is 1. The first-order valence-corrected chi connectivity index (χ1v) is 6.02. The molecule has 17 heavy (non-hydrogen) atoms. The van der Waals surface area contributed by atoms with Crippen LogP contribution in [0, 0.1) is 0 Å². The first-order chi connectivity index (χ1) is 8.27. The van der Waals surface area contributed by atoms with E-state index in [-0.39, 0.29) is 19.3 Å². The van der Waals surface area contributed by atoms with Gasteiger partial charge in [-0.15, -0.1) is 0 Å². The maximum atomic E-state index is 8.89. The van der Waals surface area contributed by atoms with Crippen molar-refractivity contribution in [3.05, 3.63) is 35.9 Å². The topological polar surface area (TPSA) is 69.7 Å². The molecule has 1 atom stereocenters. The summed E-state index contributed by atoms with van der Waals surface area (Å²) in [6.45, 7) is 2.18. The molecule has 1 unspecified atom stereocenters. The van der Waals surface area contributed by atoms with Crippen LogP contribution in [-0.2, 0) is 0 Å². The molecule has 0 heterocycles. The van der Waals surface area contributed by atoms with E-state index < -0.39 is 0 Å². The lowest BCUT2D eigenvalue weighted by molar-refractivity contribution is 0.157. The van der Waals surface area contributed by atoms with Crippen molar-refractivity contribution in [2.75, 3.05) is 32.8 Å². The van der Waals surface area contributed by atoms with Crippen molar-refractivity contribution in [3.63, 3.8) is 0 Å². The Labute approximate surface area is 103 Å². The second kappa shape index (κ2) is 8.20. The first-order valence-electron chi connectivity index (χ1n) is 6.02. The Hall–Kier alpha value is -0.940. The van der Waals surface area contributed by atoms with Gasteiger partial charge >= 0.3 is 0 Å². The SMILES string of the molecule is NC(CCN(CCO)CCO)c1ccccc1.